The van der Waals surface area contributed by atoms with Crippen LogP contribution in [-0.4, -0.2) is 58.9 Å². The summed E-state index contributed by atoms with van der Waals surface area (Å²) in [7, 11) is 0. The van der Waals surface area contributed by atoms with E-state index in [-0.39, 0.29) is 31.8 Å². The second kappa shape index (κ2) is 11.3. The Morgan fingerprint density at radius 3 is 1.24 bits per heavy atom. The summed E-state index contributed by atoms with van der Waals surface area (Å²) in [6.07, 6.45) is 5.01. The van der Waals surface area contributed by atoms with Crippen molar-refractivity contribution >= 4 is 0 Å². The Labute approximate surface area is 128 Å². The molecule has 0 aliphatic rings. The molecule has 6 heteroatoms. The molecule has 0 aliphatic carbocycles. The summed E-state index contributed by atoms with van der Waals surface area (Å²) >= 11 is 0. The molecule has 0 rings (SSSR count). The van der Waals surface area contributed by atoms with Gasteiger partial charge in [-0.2, -0.15) is 0 Å². The molecule has 0 radical (unpaired) electrons. The molecule has 21 heavy (non-hydrogen) atoms. The van der Waals surface area contributed by atoms with E-state index < -0.39 is 5.54 Å². The molecule has 6 nitrogen and oxygen atoms in total. The summed E-state index contributed by atoms with van der Waals surface area (Å²) in [6, 6.07) is 0. The predicted molar refractivity (Wildman–Crippen MR) is 83.7 cm³/mol. The van der Waals surface area contributed by atoms with Crippen molar-refractivity contribution in [2.45, 2.75) is 56.9 Å². The van der Waals surface area contributed by atoms with Gasteiger partial charge in [-0.1, -0.05) is 0 Å². The number of hydrogen-bond acceptors (Lipinski definition) is 6. The molecule has 0 bridgehead atoms. The lowest BCUT2D eigenvalue weighted by Gasteiger charge is -2.49. The van der Waals surface area contributed by atoms with Crippen LogP contribution < -0.4 is 11.5 Å². The van der Waals surface area contributed by atoms with Crippen LogP contribution in [0.25, 0.3) is 0 Å². The third-order valence-corrected chi connectivity index (χ3v) is 4.64. The van der Waals surface area contributed by atoms with Crippen molar-refractivity contribution in [3.05, 3.63) is 0 Å². The standard InChI is InChI=1S/C15H34N2O4/c16-13-14(5-1-9-18,6-2-10-19)15(17,7-3-11-20)8-4-12-21/h18-21H,1-13,16-17H2. The number of aliphatic hydroxyl groups is 4. The lowest BCUT2D eigenvalue weighted by molar-refractivity contribution is 0.0556. The molecular formula is C15H34N2O4. The molecule has 0 saturated carbocycles. The maximum absolute atomic E-state index is 9.16. The number of aliphatic hydroxyl groups excluding tert-OH is 4. The maximum Gasteiger partial charge on any atom is 0.0431 e. The van der Waals surface area contributed by atoms with Gasteiger partial charge in [-0.3, -0.25) is 0 Å². The minimum Gasteiger partial charge on any atom is -0.396 e. The Hall–Kier alpha value is -0.240. The fourth-order valence-electron chi connectivity index (χ4n) is 3.31. The van der Waals surface area contributed by atoms with Crippen LogP contribution in [0.1, 0.15) is 51.4 Å². The van der Waals surface area contributed by atoms with E-state index >= 15 is 0 Å². The molecule has 0 aromatic carbocycles. The van der Waals surface area contributed by atoms with Crippen molar-refractivity contribution in [1.29, 1.82) is 0 Å². The first kappa shape index (κ1) is 20.8. The van der Waals surface area contributed by atoms with Crippen molar-refractivity contribution in [3.63, 3.8) is 0 Å². The molecule has 0 unspecified atom stereocenters. The second-order valence-corrected chi connectivity index (χ2v) is 5.95. The molecule has 0 fully saturated rings. The Kier molecular flexibility index (Phi) is 11.2. The highest BCUT2D eigenvalue weighted by Crippen LogP contribution is 2.43. The molecule has 0 aromatic rings. The van der Waals surface area contributed by atoms with Crippen LogP contribution in [0.3, 0.4) is 0 Å². The largest absolute Gasteiger partial charge is 0.396 e. The van der Waals surface area contributed by atoms with Crippen LogP contribution in [0.15, 0.2) is 0 Å². The molecule has 0 amide bonds. The van der Waals surface area contributed by atoms with Gasteiger partial charge in [0.25, 0.3) is 0 Å². The molecule has 0 aromatic heterocycles. The predicted octanol–water partition coefficient (Wildman–Crippen LogP) is -0.281. The van der Waals surface area contributed by atoms with Gasteiger partial charge in [0.1, 0.15) is 0 Å². The highest BCUT2D eigenvalue weighted by Gasteiger charge is 2.45. The summed E-state index contributed by atoms with van der Waals surface area (Å²) in [4.78, 5) is 0. The van der Waals surface area contributed by atoms with Crippen LogP contribution in [0.4, 0.5) is 0 Å². The van der Waals surface area contributed by atoms with E-state index in [1.807, 2.05) is 0 Å². The van der Waals surface area contributed by atoms with Gasteiger partial charge in [-0.25, -0.2) is 0 Å². The van der Waals surface area contributed by atoms with Crippen LogP contribution in [-0.2, 0) is 0 Å². The van der Waals surface area contributed by atoms with Crippen LogP contribution in [0.5, 0.6) is 0 Å². The Balaban J connectivity index is 5.26. The van der Waals surface area contributed by atoms with Crippen LogP contribution >= 0.6 is 0 Å². The normalized spacial score (nSPS) is 12.9. The van der Waals surface area contributed by atoms with Gasteiger partial charge in [-0.05, 0) is 57.9 Å². The average Bonchev–Trinajstić information content (AvgIpc) is 2.51. The van der Waals surface area contributed by atoms with Gasteiger partial charge in [0.2, 0.25) is 0 Å². The highest BCUT2D eigenvalue weighted by atomic mass is 16.3. The zero-order valence-corrected chi connectivity index (χ0v) is 13.1. The fourth-order valence-corrected chi connectivity index (χ4v) is 3.31. The smallest absolute Gasteiger partial charge is 0.0431 e. The van der Waals surface area contributed by atoms with E-state index in [2.05, 4.69) is 0 Å². The lowest BCUT2D eigenvalue weighted by atomic mass is 9.61. The topological polar surface area (TPSA) is 133 Å². The molecule has 8 N–H and O–H groups in total. The van der Waals surface area contributed by atoms with Crippen molar-refractivity contribution in [2.24, 2.45) is 16.9 Å². The van der Waals surface area contributed by atoms with E-state index in [0.717, 1.165) is 0 Å². The first-order valence-corrected chi connectivity index (χ1v) is 7.98. The monoisotopic (exact) mass is 306 g/mol. The minimum atomic E-state index is -0.600. The SMILES string of the molecule is NCC(CCCO)(CCCO)C(N)(CCCO)CCCO. The lowest BCUT2D eigenvalue weighted by Crippen LogP contribution is -2.59. The molecule has 0 spiro atoms. The first-order valence-electron chi connectivity index (χ1n) is 7.98. The summed E-state index contributed by atoms with van der Waals surface area (Å²) in [5.74, 6) is 0. The Morgan fingerprint density at radius 2 is 0.952 bits per heavy atom. The van der Waals surface area contributed by atoms with E-state index in [1.54, 1.807) is 0 Å². The summed E-state index contributed by atoms with van der Waals surface area (Å²) in [5, 5.41) is 36.6. The maximum atomic E-state index is 9.16. The van der Waals surface area contributed by atoms with Gasteiger partial charge in [0.05, 0.1) is 0 Å². The van der Waals surface area contributed by atoms with Crippen LogP contribution in [0.2, 0.25) is 0 Å². The molecule has 0 heterocycles. The quantitative estimate of drug-likeness (QED) is 0.261. The fraction of sp³-hybridized carbons (Fsp3) is 1.00. The Morgan fingerprint density at radius 1 is 0.619 bits per heavy atom. The zero-order chi connectivity index (χ0) is 16.2. The van der Waals surface area contributed by atoms with Gasteiger partial charge in [0, 0.05) is 37.4 Å². The molecule has 0 aliphatic heterocycles. The number of hydrogen-bond donors (Lipinski definition) is 6. The van der Waals surface area contributed by atoms with E-state index in [0.29, 0.717) is 57.9 Å². The van der Waals surface area contributed by atoms with Crippen molar-refractivity contribution < 1.29 is 20.4 Å². The number of nitrogens with two attached hydrogens (primary N) is 2. The Bertz CT molecular complexity index is 236. The average molecular weight is 306 g/mol. The summed E-state index contributed by atoms with van der Waals surface area (Å²) in [6.45, 7) is 0.672. The van der Waals surface area contributed by atoms with Gasteiger partial charge in [0.15, 0.2) is 0 Å². The van der Waals surface area contributed by atoms with Crippen molar-refractivity contribution in [1.82, 2.24) is 0 Å². The van der Waals surface area contributed by atoms with E-state index in [4.69, 9.17) is 31.9 Å². The third-order valence-electron chi connectivity index (χ3n) is 4.64. The van der Waals surface area contributed by atoms with Crippen LogP contribution in [0, 0.1) is 5.41 Å². The molecule has 128 valence electrons. The first-order chi connectivity index (χ1) is 10.1. The van der Waals surface area contributed by atoms with Gasteiger partial charge >= 0.3 is 0 Å². The molecular weight excluding hydrogens is 272 g/mol. The zero-order valence-electron chi connectivity index (χ0n) is 13.1. The van der Waals surface area contributed by atoms with Crippen molar-refractivity contribution in [3.8, 4) is 0 Å². The van der Waals surface area contributed by atoms with E-state index in [1.165, 1.54) is 0 Å². The molecule has 0 saturated heterocycles. The summed E-state index contributed by atoms with van der Waals surface area (Å²) < 4.78 is 0. The van der Waals surface area contributed by atoms with Gasteiger partial charge < -0.3 is 31.9 Å². The molecule has 0 atom stereocenters. The number of rotatable bonds is 14. The third kappa shape index (κ3) is 6.18. The summed E-state index contributed by atoms with van der Waals surface area (Å²) in [5.41, 5.74) is 11.7. The van der Waals surface area contributed by atoms with Gasteiger partial charge in [-0.15, -0.1) is 0 Å². The second-order valence-electron chi connectivity index (χ2n) is 5.95. The highest BCUT2D eigenvalue weighted by molar-refractivity contribution is 5.03. The van der Waals surface area contributed by atoms with Crippen molar-refractivity contribution in [2.75, 3.05) is 33.0 Å². The minimum absolute atomic E-state index is 0.0682. The van der Waals surface area contributed by atoms with E-state index in [9.17, 15) is 0 Å².